The van der Waals surface area contributed by atoms with E-state index in [1.807, 2.05) is 0 Å². The van der Waals surface area contributed by atoms with E-state index < -0.39 is 317 Å². The standard InChI is InChI=1S/C75H120O39/c1-26-39(82)43(86)49(92)64(103-26)109-55-33(80)25-102-67(59(55)113-66-52(95)56(53(27(2)104-66)107-61-47(90)40(83)30(77)22-99-61)110-63-51(94)54(32(79)24-101-63)108-62-48(91)41(84)31(78)23-100-62)114-69(97)75-18-17-70(3,4)19-29(75)28-11-12-36-72(7)15-14-38(71(5,6)35(72)13-16-73(36,8)74(28,9)20-37(75)81)106-68-58(46(89)45(88)57(111-68)60(96)98-10)112-65-50(93)44(87)42(85)34(21-76)105-65/h11,26-27,29-59,61-68,76-95H,12-25H2,1-10H3. The van der Waals surface area contributed by atoms with E-state index in [2.05, 4.69) is 54.5 Å². The minimum Gasteiger partial charge on any atom is -0.467 e. The summed E-state index contributed by atoms with van der Waals surface area (Å²) in [6.45, 7) is 14.4. The number of esters is 2. The first-order valence-corrected chi connectivity index (χ1v) is 39.7. The number of fused-ring (bicyclic) bond motifs is 7. The predicted molar refractivity (Wildman–Crippen MR) is 373 cm³/mol. The minimum absolute atomic E-state index is 0.0548. The number of carbonyl (C=O) groups excluding carboxylic acids is 2. The van der Waals surface area contributed by atoms with Crippen LogP contribution in [-0.2, 0) is 90.1 Å². The maximum absolute atomic E-state index is 16.3. The lowest BCUT2D eigenvalue weighted by Crippen LogP contribution is -2.69. The first-order chi connectivity index (χ1) is 53.5. The van der Waals surface area contributed by atoms with Crippen LogP contribution < -0.4 is 0 Å². The molecule has 0 radical (unpaired) electrons. The fourth-order valence-corrected chi connectivity index (χ4v) is 21.4. The molecule has 39 nitrogen and oxygen atoms in total. The van der Waals surface area contributed by atoms with Gasteiger partial charge in [-0.3, -0.25) is 4.79 Å². The normalized spacial score (nSPS) is 54.3. The van der Waals surface area contributed by atoms with Gasteiger partial charge in [0.05, 0.1) is 64.6 Å². The van der Waals surface area contributed by atoms with E-state index in [1.54, 1.807) is 0 Å². The Labute approximate surface area is 657 Å². The number of methoxy groups -OCH3 is 1. The molecule has 8 saturated heterocycles. The van der Waals surface area contributed by atoms with E-state index in [0.717, 1.165) is 12.7 Å². The van der Waals surface area contributed by atoms with Gasteiger partial charge in [0.25, 0.3) is 0 Å². The maximum Gasteiger partial charge on any atom is 0.337 e. The highest BCUT2D eigenvalue weighted by molar-refractivity contribution is 5.80. The quantitative estimate of drug-likeness (QED) is 0.0344. The molecular weight excluding hydrogens is 1520 g/mol. The van der Waals surface area contributed by atoms with E-state index in [-0.39, 0.29) is 24.7 Å². The molecule has 8 aliphatic heterocycles. The van der Waals surface area contributed by atoms with Crippen LogP contribution in [0.3, 0.4) is 0 Å². The zero-order chi connectivity index (χ0) is 83.0. The Kier molecular flexibility index (Phi) is 26.4. The molecule has 0 aromatic heterocycles. The summed E-state index contributed by atoms with van der Waals surface area (Å²) in [5.74, 6) is -2.88. The van der Waals surface area contributed by atoms with Crippen LogP contribution in [0.5, 0.6) is 0 Å². The lowest BCUT2D eigenvalue weighted by Gasteiger charge is -2.71. The summed E-state index contributed by atoms with van der Waals surface area (Å²) in [7, 11) is 1.07. The van der Waals surface area contributed by atoms with Crippen LogP contribution in [0.4, 0.5) is 0 Å². The second-order valence-corrected chi connectivity index (χ2v) is 36.0. The highest BCUT2D eigenvalue weighted by atomic mass is 16.8. The summed E-state index contributed by atoms with van der Waals surface area (Å²) in [4.78, 5) is 29.5. The van der Waals surface area contributed by atoms with Gasteiger partial charge in [0.15, 0.2) is 56.2 Å². The van der Waals surface area contributed by atoms with Crippen molar-refractivity contribution in [2.45, 2.75) is 354 Å². The molecule has 114 heavy (non-hydrogen) atoms. The van der Waals surface area contributed by atoms with Crippen LogP contribution in [0.25, 0.3) is 0 Å². The molecule has 45 unspecified atom stereocenters. The second kappa shape index (κ2) is 33.8. The lowest BCUT2D eigenvalue weighted by molar-refractivity contribution is -0.399. The van der Waals surface area contributed by atoms with Crippen molar-refractivity contribution in [3.05, 3.63) is 11.6 Å². The number of hydrogen-bond acceptors (Lipinski definition) is 39. The number of aliphatic hydroxyl groups is 20. The summed E-state index contributed by atoms with van der Waals surface area (Å²) in [6, 6.07) is 0. The monoisotopic (exact) mass is 1640 g/mol. The Bertz CT molecular complexity index is 3320. The molecule has 12 fully saturated rings. The van der Waals surface area contributed by atoms with Crippen molar-refractivity contribution in [2.24, 2.45) is 50.2 Å². The van der Waals surface area contributed by atoms with Gasteiger partial charge in [-0.2, -0.15) is 0 Å². The summed E-state index contributed by atoms with van der Waals surface area (Å²) in [5.41, 5.74) is -3.81. The molecule has 20 N–H and O–H groups in total. The Balaban J connectivity index is 0.789. The Hall–Kier alpha value is -2.72. The number of allylic oxidation sites excluding steroid dienone is 2. The highest BCUT2D eigenvalue weighted by Crippen LogP contribution is 2.76. The number of ether oxygens (including phenoxy) is 17. The number of carbonyl (C=O) groups is 2. The third-order valence-corrected chi connectivity index (χ3v) is 28.4. The van der Waals surface area contributed by atoms with Gasteiger partial charge in [-0.1, -0.05) is 60.1 Å². The predicted octanol–water partition coefficient (Wildman–Crippen LogP) is -6.98. The SMILES string of the molecule is COC(=O)C1OC(OC2CCC3(C)C(CCC4(C)C3CC=C3C5CC(C)(C)CCC5(C(=O)OC5OCC(O)C(OC6OC(C)C(O)C(O)C6O)C5OC5OC(C)C(OC6OCC(O)C(O)C6O)C(OC6OCC(O)C(OC7OCC(O)C(O)C7O)C6O)C5O)C(O)CC34C)C2(C)C)C(OC2OC(CO)C(O)C(O)C2O)C(O)C1O. The van der Waals surface area contributed by atoms with Crippen LogP contribution >= 0.6 is 0 Å². The number of aliphatic hydroxyl groups excluding tert-OH is 20. The number of hydrogen-bond donors (Lipinski definition) is 20. The van der Waals surface area contributed by atoms with Gasteiger partial charge in [0.2, 0.25) is 6.29 Å². The minimum atomic E-state index is -2.22. The smallest absolute Gasteiger partial charge is 0.337 e. The third-order valence-electron chi connectivity index (χ3n) is 28.4. The van der Waals surface area contributed by atoms with Crippen LogP contribution in [-0.4, -0.2) is 388 Å². The van der Waals surface area contributed by atoms with Crippen molar-refractivity contribution in [3.8, 4) is 0 Å². The van der Waals surface area contributed by atoms with Crippen molar-refractivity contribution in [2.75, 3.05) is 40.1 Å². The Morgan fingerprint density at radius 1 is 0.439 bits per heavy atom. The molecule has 654 valence electrons. The molecule has 39 heteroatoms. The van der Waals surface area contributed by atoms with Gasteiger partial charge in [-0.15, -0.1) is 0 Å². The van der Waals surface area contributed by atoms with Gasteiger partial charge in [0, 0.05) is 0 Å². The molecule has 45 atom stereocenters. The van der Waals surface area contributed by atoms with Gasteiger partial charge in [-0.05, 0) is 116 Å². The average Bonchev–Trinajstić information content (AvgIpc) is 0.669. The number of rotatable bonds is 18. The molecular formula is C75H120O39. The van der Waals surface area contributed by atoms with Gasteiger partial charge < -0.3 is 183 Å². The Morgan fingerprint density at radius 3 is 1.57 bits per heavy atom. The first kappa shape index (κ1) is 89.0. The second-order valence-electron chi connectivity index (χ2n) is 36.0. The van der Waals surface area contributed by atoms with E-state index in [9.17, 15) is 107 Å². The maximum atomic E-state index is 16.3. The van der Waals surface area contributed by atoms with Crippen molar-refractivity contribution < 1.29 is 192 Å². The lowest BCUT2D eigenvalue weighted by atomic mass is 9.33. The third kappa shape index (κ3) is 15.6. The molecule has 0 aromatic rings. The van der Waals surface area contributed by atoms with Crippen LogP contribution in [0.1, 0.15) is 120 Å². The average molecular weight is 1650 g/mol. The molecule has 0 aromatic carbocycles. The summed E-state index contributed by atoms with van der Waals surface area (Å²) in [6.07, 6.45) is -61.2. The van der Waals surface area contributed by atoms with E-state index in [4.69, 9.17) is 80.5 Å². The zero-order valence-corrected chi connectivity index (χ0v) is 65.3. The molecule has 13 aliphatic rings. The largest absolute Gasteiger partial charge is 0.467 e. The van der Waals surface area contributed by atoms with Gasteiger partial charge in [0.1, 0.15) is 152 Å². The summed E-state index contributed by atoms with van der Waals surface area (Å²) < 4.78 is 103. The Morgan fingerprint density at radius 2 is 0.947 bits per heavy atom. The van der Waals surface area contributed by atoms with E-state index in [0.29, 0.717) is 44.9 Å². The van der Waals surface area contributed by atoms with Crippen molar-refractivity contribution in [3.63, 3.8) is 0 Å². The summed E-state index contributed by atoms with van der Waals surface area (Å²) >= 11 is 0. The molecule has 8 heterocycles. The van der Waals surface area contributed by atoms with Crippen LogP contribution in [0.2, 0.25) is 0 Å². The molecule has 0 amide bonds. The summed E-state index contributed by atoms with van der Waals surface area (Å²) in [5, 5.41) is 224. The van der Waals surface area contributed by atoms with Crippen LogP contribution in [0.15, 0.2) is 11.6 Å². The highest BCUT2D eigenvalue weighted by Gasteiger charge is 2.73. The van der Waals surface area contributed by atoms with Crippen molar-refractivity contribution >= 4 is 11.9 Å². The fourth-order valence-electron chi connectivity index (χ4n) is 21.4. The first-order valence-electron chi connectivity index (χ1n) is 39.7. The van der Waals surface area contributed by atoms with Crippen LogP contribution in [0, 0.1) is 50.2 Å². The zero-order valence-electron chi connectivity index (χ0n) is 65.3. The van der Waals surface area contributed by atoms with E-state index >= 15 is 4.79 Å². The molecule has 0 bridgehead atoms. The molecule has 0 spiro atoms. The fraction of sp³-hybridized carbons (Fsp3) is 0.947. The van der Waals surface area contributed by atoms with Gasteiger partial charge >= 0.3 is 11.9 Å². The topological polar surface area (TPSA) is 596 Å². The van der Waals surface area contributed by atoms with E-state index in [1.165, 1.54) is 13.8 Å². The molecule has 4 saturated carbocycles. The molecule has 13 rings (SSSR count). The van der Waals surface area contributed by atoms with Gasteiger partial charge in [-0.25, -0.2) is 4.79 Å². The molecule has 5 aliphatic carbocycles. The van der Waals surface area contributed by atoms with Crippen molar-refractivity contribution in [1.29, 1.82) is 0 Å². The van der Waals surface area contributed by atoms with Crippen molar-refractivity contribution in [1.82, 2.24) is 0 Å².